The van der Waals surface area contributed by atoms with E-state index in [1.54, 1.807) is 18.2 Å². The average Bonchev–Trinajstić information content (AvgIpc) is 2.50. The number of hydrogen-bond acceptors (Lipinski definition) is 1. The highest BCUT2D eigenvalue weighted by molar-refractivity contribution is 6.35. The molecule has 2 rings (SSSR count). The molecule has 0 aliphatic heterocycles. The molecule has 1 N–H and O–H groups in total. The minimum atomic E-state index is -0.0967. The molecule has 0 aliphatic rings. The molecule has 2 nitrogen and oxygen atoms in total. The zero-order valence-corrected chi connectivity index (χ0v) is 14.2. The Morgan fingerprint density at radius 2 is 1.82 bits per heavy atom. The van der Waals surface area contributed by atoms with Crippen LogP contribution < -0.4 is 5.32 Å². The van der Waals surface area contributed by atoms with E-state index in [9.17, 15) is 4.79 Å². The van der Waals surface area contributed by atoms with E-state index < -0.39 is 0 Å². The van der Waals surface area contributed by atoms with Crippen molar-refractivity contribution < 1.29 is 4.79 Å². The molecule has 0 unspecified atom stereocenters. The maximum Gasteiger partial charge on any atom is 0.228 e. The predicted molar refractivity (Wildman–Crippen MR) is 93.9 cm³/mol. The SMILES string of the molecule is CC[C@@H](C)c1ccc(NC(=O)Cc2ccc(Cl)cc2Cl)cc1. The molecule has 0 fully saturated rings. The third kappa shape index (κ3) is 4.49. The number of carbonyl (C=O) groups excluding carboxylic acids is 1. The maximum absolute atomic E-state index is 12.1. The molecule has 0 heterocycles. The Morgan fingerprint density at radius 3 is 2.41 bits per heavy atom. The summed E-state index contributed by atoms with van der Waals surface area (Å²) in [6.07, 6.45) is 1.32. The van der Waals surface area contributed by atoms with Gasteiger partial charge in [-0.3, -0.25) is 4.79 Å². The van der Waals surface area contributed by atoms with E-state index in [2.05, 4.69) is 31.3 Å². The van der Waals surface area contributed by atoms with Crippen molar-refractivity contribution in [3.05, 3.63) is 63.6 Å². The van der Waals surface area contributed by atoms with E-state index in [-0.39, 0.29) is 12.3 Å². The molecule has 0 aliphatic carbocycles. The molecule has 0 saturated carbocycles. The lowest BCUT2D eigenvalue weighted by Gasteiger charge is -2.11. The van der Waals surface area contributed by atoms with Crippen molar-refractivity contribution in [2.75, 3.05) is 5.32 Å². The van der Waals surface area contributed by atoms with Crippen LogP contribution in [0.2, 0.25) is 10.0 Å². The Hall–Kier alpha value is -1.51. The number of hydrogen-bond donors (Lipinski definition) is 1. The van der Waals surface area contributed by atoms with E-state index in [0.29, 0.717) is 16.0 Å². The second kappa shape index (κ2) is 7.66. The minimum absolute atomic E-state index is 0.0967. The second-order valence-corrected chi connectivity index (χ2v) is 6.24. The summed E-state index contributed by atoms with van der Waals surface area (Å²) in [4.78, 5) is 12.1. The van der Waals surface area contributed by atoms with Gasteiger partial charge in [-0.1, -0.05) is 55.2 Å². The van der Waals surface area contributed by atoms with Crippen LogP contribution in [0.4, 0.5) is 5.69 Å². The predicted octanol–water partition coefficient (Wildman–Crippen LogP) is 5.69. The van der Waals surface area contributed by atoms with E-state index in [0.717, 1.165) is 17.7 Å². The van der Waals surface area contributed by atoms with Gasteiger partial charge in [-0.25, -0.2) is 0 Å². The van der Waals surface area contributed by atoms with Crippen LogP contribution in [0.5, 0.6) is 0 Å². The number of amides is 1. The molecule has 4 heteroatoms. The number of nitrogens with one attached hydrogen (secondary N) is 1. The third-order valence-corrected chi connectivity index (χ3v) is 4.33. The Kier molecular flexibility index (Phi) is 5.87. The quantitative estimate of drug-likeness (QED) is 0.747. The summed E-state index contributed by atoms with van der Waals surface area (Å²) >= 11 is 11.9. The zero-order chi connectivity index (χ0) is 16.1. The largest absolute Gasteiger partial charge is 0.326 e. The first-order chi connectivity index (χ1) is 10.5. The average molecular weight is 336 g/mol. The van der Waals surface area contributed by atoms with Crippen LogP contribution in [-0.4, -0.2) is 5.91 Å². The smallest absolute Gasteiger partial charge is 0.228 e. The lowest BCUT2D eigenvalue weighted by Crippen LogP contribution is -2.14. The summed E-state index contributed by atoms with van der Waals surface area (Å²) in [6, 6.07) is 13.1. The number of carbonyl (C=O) groups is 1. The van der Waals surface area contributed by atoms with Gasteiger partial charge >= 0.3 is 0 Å². The van der Waals surface area contributed by atoms with Gasteiger partial charge in [0.2, 0.25) is 5.91 Å². The zero-order valence-electron chi connectivity index (χ0n) is 12.7. The molecule has 0 aromatic heterocycles. The second-order valence-electron chi connectivity index (χ2n) is 5.39. The monoisotopic (exact) mass is 335 g/mol. The Morgan fingerprint density at radius 1 is 1.14 bits per heavy atom. The summed E-state index contributed by atoms with van der Waals surface area (Å²) in [5.74, 6) is 0.429. The summed E-state index contributed by atoms with van der Waals surface area (Å²) in [5.41, 5.74) is 2.84. The summed E-state index contributed by atoms with van der Waals surface area (Å²) in [6.45, 7) is 4.35. The van der Waals surface area contributed by atoms with Gasteiger partial charge in [0.05, 0.1) is 6.42 Å². The molecule has 116 valence electrons. The molecular weight excluding hydrogens is 317 g/mol. The van der Waals surface area contributed by atoms with Crippen LogP contribution in [0.25, 0.3) is 0 Å². The van der Waals surface area contributed by atoms with Gasteiger partial charge in [-0.2, -0.15) is 0 Å². The van der Waals surface area contributed by atoms with Gasteiger partial charge in [-0.05, 0) is 47.7 Å². The highest BCUT2D eigenvalue weighted by atomic mass is 35.5. The maximum atomic E-state index is 12.1. The van der Waals surface area contributed by atoms with Gasteiger partial charge < -0.3 is 5.32 Å². The van der Waals surface area contributed by atoms with Crippen LogP contribution >= 0.6 is 23.2 Å². The third-order valence-electron chi connectivity index (χ3n) is 3.74. The van der Waals surface area contributed by atoms with Crippen molar-refractivity contribution in [1.29, 1.82) is 0 Å². The number of anilines is 1. The Bertz CT molecular complexity index is 653. The molecule has 1 amide bonds. The normalized spacial score (nSPS) is 12.0. The van der Waals surface area contributed by atoms with Gasteiger partial charge in [0, 0.05) is 15.7 Å². The first-order valence-corrected chi connectivity index (χ1v) is 8.09. The number of benzene rings is 2. The van der Waals surface area contributed by atoms with Crippen molar-refractivity contribution in [2.24, 2.45) is 0 Å². The van der Waals surface area contributed by atoms with Crippen LogP contribution in [-0.2, 0) is 11.2 Å². The van der Waals surface area contributed by atoms with Crippen LogP contribution in [0.15, 0.2) is 42.5 Å². The van der Waals surface area contributed by atoms with Crippen molar-refractivity contribution >= 4 is 34.8 Å². The fraction of sp³-hybridized carbons (Fsp3) is 0.278. The van der Waals surface area contributed by atoms with E-state index >= 15 is 0 Å². The molecule has 2 aromatic rings. The molecule has 0 saturated heterocycles. The van der Waals surface area contributed by atoms with Gasteiger partial charge in [-0.15, -0.1) is 0 Å². The molecule has 0 spiro atoms. The van der Waals surface area contributed by atoms with Crippen LogP contribution in [0.3, 0.4) is 0 Å². The summed E-state index contributed by atoms with van der Waals surface area (Å²) in [5, 5.41) is 3.96. The number of halogens is 2. The van der Waals surface area contributed by atoms with Crippen LogP contribution in [0.1, 0.15) is 37.3 Å². The lowest BCUT2D eigenvalue weighted by molar-refractivity contribution is -0.115. The fourth-order valence-corrected chi connectivity index (χ4v) is 2.65. The van der Waals surface area contributed by atoms with E-state index in [4.69, 9.17) is 23.2 Å². The first-order valence-electron chi connectivity index (χ1n) is 7.33. The molecule has 0 bridgehead atoms. The Balaban J connectivity index is 1.99. The molecule has 2 aromatic carbocycles. The minimum Gasteiger partial charge on any atom is -0.326 e. The number of rotatable bonds is 5. The van der Waals surface area contributed by atoms with E-state index in [1.807, 2.05) is 12.1 Å². The Labute approximate surface area is 141 Å². The van der Waals surface area contributed by atoms with Crippen molar-refractivity contribution in [1.82, 2.24) is 0 Å². The topological polar surface area (TPSA) is 29.1 Å². The van der Waals surface area contributed by atoms with Crippen molar-refractivity contribution in [3.63, 3.8) is 0 Å². The van der Waals surface area contributed by atoms with Gasteiger partial charge in [0.15, 0.2) is 0 Å². The summed E-state index contributed by atoms with van der Waals surface area (Å²) < 4.78 is 0. The highest BCUT2D eigenvalue weighted by Crippen LogP contribution is 2.23. The lowest BCUT2D eigenvalue weighted by atomic mass is 9.98. The summed E-state index contributed by atoms with van der Waals surface area (Å²) in [7, 11) is 0. The van der Waals surface area contributed by atoms with Gasteiger partial charge in [0.1, 0.15) is 0 Å². The van der Waals surface area contributed by atoms with Crippen LogP contribution in [0, 0.1) is 0 Å². The van der Waals surface area contributed by atoms with Crippen molar-refractivity contribution in [2.45, 2.75) is 32.6 Å². The fourth-order valence-electron chi connectivity index (χ4n) is 2.17. The van der Waals surface area contributed by atoms with E-state index in [1.165, 1.54) is 5.56 Å². The molecule has 22 heavy (non-hydrogen) atoms. The molecular formula is C18H19Cl2NO. The molecule has 0 radical (unpaired) electrons. The van der Waals surface area contributed by atoms with Crippen molar-refractivity contribution in [3.8, 4) is 0 Å². The van der Waals surface area contributed by atoms with Gasteiger partial charge in [0.25, 0.3) is 0 Å². The molecule has 1 atom stereocenters. The standard InChI is InChI=1S/C18H19Cl2NO/c1-3-12(2)13-5-8-16(9-6-13)21-18(22)10-14-4-7-15(19)11-17(14)20/h4-9,11-12H,3,10H2,1-2H3,(H,21,22)/t12-/m1/s1. The first kappa shape index (κ1) is 16.9. The highest BCUT2D eigenvalue weighted by Gasteiger charge is 2.09.